The molecule has 0 aliphatic carbocycles. The first-order valence-corrected chi connectivity index (χ1v) is 4.52. The van der Waals surface area contributed by atoms with Gasteiger partial charge in [-0.15, -0.1) is 11.3 Å². The second-order valence-electron chi connectivity index (χ2n) is 2.38. The predicted molar refractivity (Wildman–Crippen MR) is 44.6 cm³/mol. The largest absolute Gasteiger partial charge is 0.485 e. The zero-order valence-electron chi connectivity index (χ0n) is 6.37. The van der Waals surface area contributed by atoms with Crippen molar-refractivity contribution in [3.8, 4) is 17.6 Å². The smallest absolute Gasteiger partial charge is 0.176 e. The van der Waals surface area contributed by atoms with E-state index in [0.29, 0.717) is 19.6 Å². The van der Waals surface area contributed by atoms with Gasteiger partial charge in [-0.1, -0.05) is 0 Å². The van der Waals surface area contributed by atoms with Crippen molar-refractivity contribution in [3.63, 3.8) is 0 Å². The zero-order valence-corrected chi connectivity index (χ0v) is 7.19. The van der Waals surface area contributed by atoms with E-state index in [1.54, 1.807) is 0 Å². The summed E-state index contributed by atoms with van der Waals surface area (Å²) in [6, 6.07) is 2.10. The van der Waals surface area contributed by atoms with Gasteiger partial charge in [-0.25, -0.2) is 0 Å². The lowest BCUT2D eigenvalue weighted by Crippen LogP contribution is -2.14. The van der Waals surface area contributed by atoms with Crippen molar-refractivity contribution >= 4 is 11.3 Å². The molecule has 0 aromatic carbocycles. The molecule has 1 aromatic heterocycles. The van der Waals surface area contributed by atoms with Gasteiger partial charge in [0.25, 0.3) is 0 Å². The summed E-state index contributed by atoms with van der Waals surface area (Å²) in [5, 5.41) is 10.4. The van der Waals surface area contributed by atoms with Crippen LogP contribution in [0.5, 0.6) is 11.5 Å². The lowest BCUT2D eigenvalue weighted by Gasteiger charge is -2.15. The first kappa shape index (κ1) is 7.44. The molecule has 4 heteroatoms. The van der Waals surface area contributed by atoms with Crippen LogP contribution >= 0.6 is 11.3 Å². The number of hydrogen-bond acceptors (Lipinski definition) is 4. The van der Waals surface area contributed by atoms with Crippen LogP contribution in [0.1, 0.15) is 4.88 Å². The Morgan fingerprint density at radius 3 is 3.17 bits per heavy atom. The fourth-order valence-corrected chi connectivity index (χ4v) is 1.95. The van der Waals surface area contributed by atoms with Gasteiger partial charge in [-0.2, -0.15) is 5.26 Å². The molecule has 1 aliphatic rings. The summed E-state index contributed by atoms with van der Waals surface area (Å²) in [4.78, 5) is 0.965. The van der Waals surface area contributed by atoms with Gasteiger partial charge in [-0.3, -0.25) is 0 Å². The lowest BCUT2D eigenvalue weighted by molar-refractivity contribution is 0.172. The van der Waals surface area contributed by atoms with Gasteiger partial charge in [0.1, 0.15) is 13.2 Å². The molecule has 0 atom stereocenters. The number of ether oxygens (including phenoxy) is 2. The predicted octanol–water partition coefficient (Wildman–Crippen LogP) is 1.59. The molecule has 0 spiro atoms. The molecule has 0 saturated heterocycles. The minimum Gasteiger partial charge on any atom is -0.485 e. The lowest BCUT2D eigenvalue weighted by atomic mass is 10.3. The number of thiophene rings is 1. The second-order valence-corrected chi connectivity index (χ2v) is 3.35. The molecular weight excluding hydrogens is 174 g/mol. The van der Waals surface area contributed by atoms with Crippen molar-refractivity contribution < 1.29 is 9.47 Å². The van der Waals surface area contributed by atoms with E-state index in [2.05, 4.69) is 6.07 Å². The van der Waals surface area contributed by atoms with E-state index in [1.165, 1.54) is 11.3 Å². The summed E-state index contributed by atoms with van der Waals surface area (Å²) >= 11 is 1.52. The number of nitrogens with zero attached hydrogens (tertiary/aromatic N) is 1. The Hall–Kier alpha value is -1.21. The molecule has 0 N–H and O–H groups in total. The van der Waals surface area contributed by atoms with Gasteiger partial charge >= 0.3 is 0 Å². The highest BCUT2D eigenvalue weighted by molar-refractivity contribution is 7.10. The van der Waals surface area contributed by atoms with Crippen LogP contribution < -0.4 is 9.47 Å². The third-order valence-electron chi connectivity index (χ3n) is 1.61. The molecule has 2 rings (SSSR count). The first-order valence-electron chi connectivity index (χ1n) is 3.64. The molecule has 62 valence electrons. The number of nitriles is 1. The summed E-state index contributed by atoms with van der Waals surface area (Å²) in [5.41, 5.74) is 0. The number of rotatable bonds is 1. The first-order chi connectivity index (χ1) is 5.92. The minimum atomic E-state index is 0.406. The molecule has 12 heavy (non-hydrogen) atoms. The van der Waals surface area contributed by atoms with Crippen LogP contribution in [0.15, 0.2) is 5.38 Å². The second kappa shape index (κ2) is 3.03. The third kappa shape index (κ3) is 1.12. The van der Waals surface area contributed by atoms with Crippen LogP contribution in [0.25, 0.3) is 0 Å². The summed E-state index contributed by atoms with van der Waals surface area (Å²) in [6.07, 6.45) is 0.406. The van der Waals surface area contributed by atoms with Crippen molar-refractivity contribution in [1.82, 2.24) is 0 Å². The van der Waals surface area contributed by atoms with E-state index in [-0.39, 0.29) is 0 Å². The van der Waals surface area contributed by atoms with Gasteiger partial charge < -0.3 is 9.47 Å². The molecule has 3 nitrogen and oxygen atoms in total. The summed E-state index contributed by atoms with van der Waals surface area (Å²) < 4.78 is 10.7. The fourth-order valence-electron chi connectivity index (χ4n) is 1.11. The normalized spacial score (nSPS) is 13.9. The molecule has 1 aliphatic heterocycles. The van der Waals surface area contributed by atoms with E-state index in [1.807, 2.05) is 5.38 Å². The average molecular weight is 181 g/mol. The van der Waals surface area contributed by atoms with Gasteiger partial charge in [0.2, 0.25) is 0 Å². The molecular formula is C8H7NO2S. The van der Waals surface area contributed by atoms with Crippen LogP contribution in [0.3, 0.4) is 0 Å². The van der Waals surface area contributed by atoms with Gasteiger partial charge in [0, 0.05) is 5.38 Å². The Morgan fingerprint density at radius 1 is 1.50 bits per heavy atom. The van der Waals surface area contributed by atoms with E-state index >= 15 is 0 Å². The standard InChI is InChI=1S/C8H7NO2S/c9-2-1-7-8-6(5-12-7)10-3-4-11-8/h5H,1,3-4H2. The Kier molecular flexibility index (Phi) is 1.88. The molecule has 0 radical (unpaired) electrons. The maximum absolute atomic E-state index is 8.50. The Bertz CT molecular complexity index is 326. The van der Waals surface area contributed by atoms with Crippen molar-refractivity contribution in [2.75, 3.05) is 13.2 Å². The van der Waals surface area contributed by atoms with Crippen molar-refractivity contribution in [2.45, 2.75) is 6.42 Å². The Morgan fingerprint density at radius 2 is 2.33 bits per heavy atom. The Balaban J connectivity index is 2.33. The summed E-state index contributed by atoms with van der Waals surface area (Å²) in [5.74, 6) is 1.56. The highest BCUT2D eigenvalue weighted by Gasteiger charge is 2.17. The van der Waals surface area contributed by atoms with E-state index < -0.39 is 0 Å². The van der Waals surface area contributed by atoms with E-state index in [4.69, 9.17) is 14.7 Å². The van der Waals surface area contributed by atoms with E-state index in [9.17, 15) is 0 Å². The number of hydrogen-bond donors (Lipinski definition) is 0. The average Bonchev–Trinajstić information content (AvgIpc) is 2.50. The zero-order chi connectivity index (χ0) is 8.39. The van der Waals surface area contributed by atoms with Crippen molar-refractivity contribution in [2.24, 2.45) is 0 Å². The monoisotopic (exact) mass is 181 g/mol. The van der Waals surface area contributed by atoms with Gasteiger partial charge in [-0.05, 0) is 0 Å². The summed E-state index contributed by atoms with van der Waals surface area (Å²) in [6.45, 7) is 1.19. The Labute approximate surface area is 74.1 Å². The number of fused-ring (bicyclic) bond motifs is 1. The topological polar surface area (TPSA) is 42.2 Å². The molecule has 0 fully saturated rings. The molecule has 0 unspecified atom stereocenters. The van der Waals surface area contributed by atoms with Gasteiger partial charge in [0.05, 0.1) is 17.4 Å². The molecule has 0 amide bonds. The molecule has 2 heterocycles. The minimum absolute atomic E-state index is 0.406. The molecule has 0 saturated carbocycles. The van der Waals surface area contributed by atoms with Crippen LogP contribution in [0.4, 0.5) is 0 Å². The van der Waals surface area contributed by atoms with Crippen LogP contribution in [0, 0.1) is 11.3 Å². The summed E-state index contributed by atoms with van der Waals surface area (Å²) in [7, 11) is 0. The maximum atomic E-state index is 8.50. The quantitative estimate of drug-likeness (QED) is 0.660. The van der Waals surface area contributed by atoms with E-state index in [0.717, 1.165) is 16.4 Å². The van der Waals surface area contributed by atoms with Crippen LogP contribution in [-0.4, -0.2) is 13.2 Å². The third-order valence-corrected chi connectivity index (χ3v) is 2.56. The highest BCUT2D eigenvalue weighted by Crippen LogP contribution is 2.39. The van der Waals surface area contributed by atoms with Crippen LogP contribution in [-0.2, 0) is 6.42 Å². The van der Waals surface area contributed by atoms with Gasteiger partial charge in [0.15, 0.2) is 11.5 Å². The highest BCUT2D eigenvalue weighted by atomic mass is 32.1. The van der Waals surface area contributed by atoms with Crippen molar-refractivity contribution in [3.05, 3.63) is 10.3 Å². The maximum Gasteiger partial charge on any atom is 0.176 e. The SMILES string of the molecule is N#CCc1scc2c1OCCO2. The van der Waals surface area contributed by atoms with Crippen LogP contribution in [0.2, 0.25) is 0 Å². The molecule has 1 aromatic rings. The fraction of sp³-hybridized carbons (Fsp3) is 0.375. The van der Waals surface area contributed by atoms with Crippen molar-refractivity contribution in [1.29, 1.82) is 5.26 Å². The molecule has 0 bridgehead atoms.